The third-order valence-corrected chi connectivity index (χ3v) is 15.0. The molecule has 6 bridgehead atoms. The molecule has 0 radical (unpaired) electrons. The minimum absolute atomic E-state index is 0. The predicted molar refractivity (Wildman–Crippen MR) is 300 cm³/mol. The molecule has 1 spiro atoms. The van der Waals surface area contributed by atoms with Crippen molar-refractivity contribution in [3.63, 3.8) is 0 Å². The number of esters is 1. The molecule has 16 nitrogen and oxygen atoms in total. The van der Waals surface area contributed by atoms with Crippen LogP contribution in [0.1, 0.15) is 89.6 Å². The van der Waals surface area contributed by atoms with E-state index in [1.807, 2.05) is 32.2 Å². The van der Waals surface area contributed by atoms with E-state index in [4.69, 9.17) is 24.2 Å². The monoisotopic (exact) mass is 1080 g/mol. The lowest BCUT2D eigenvalue weighted by Gasteiger charge is -2.47. The first-order valence-corrected chi connectivity index (χ1v) is 24.9. The number of urea groups is 1. The second-order valence-corrected chi connectivity index (χ2v) is 21.1. The van der Waals surface area contributed by atoms with E-state index in [0.29, 0.717) is 57.1 Å². The summed E-state index contributed by atoms with van der Waals surface area (Å²) < 4.78 is 20.5. The summed E-state index contributed by atoms with van der Waals surface area (Å²) in [5.41, 5.74) is 9.13. The number of aromatic nitrogens is 3. The standard InChI is InChI=1S/C50H69N9O7S.4H2S/c1-10-58-40-16-15-33-25-35(40)36(44(58)34-13-11-19-51-42(34)32(4)64-9)27-49(5,6)30-65-47(62)37-14-12-20-59(54-37)46(61)38(26-41-52-39(33)28-67-41)53-45(60)43(31(2)3)56(8)48(63)57-21-17-50(18-22-57)29-55(7)23-24-66-50;;;;/h11,13,15-16,19,25,28,31-32,37-38,43,54H,10,12,14,17-18,20-24,26-27,29-30H2,1-9H3,(H,53,60);4*1H2/t32-,37-,38-,43-;;;;/m0..../s1. The molecule has 0 saturated carbocycles. The number of benzene rings is 1. The van der Waals surface area contributed by atoms with Crippen LogP contribution in [-0.4, -0.2) is 149 Å². The number of rotatable bonds is 8. The quantitative estimate of drug-likeness (QED) is 0.185. The highest BCUT2D eigenvalue weighted by Crippen LogP contribution is 2.42. The zero-order chi connectivity index (χ0) is 47.8. The number of hydrogen-bond acceptors (Lipinski definition) is 12. The molecular weight excluding hydrogens is 999 g/mol. The fourth-order valence-corrected chi connectivity index (χ4v) is 11.4. The highest BCUT2D eigenvalue weighted by atomic mass is 32.1. The number of likely N-dealkylation sites (N-methyl/N-ethyl adjacent to an activating group) is 2. The van der Waals surface area contributed by atoms with Crippen LogP contribution < -0.4 is 10.7 Å². The molecule has 0 aliphatic carbocycles. The van der Waals surface area contributed by atoms with Crippen LogP contribution in [0.5, 0.6) is 0 Å². The van der Waals surface area contributed by atoms with Gasteiger partial charge in [0.15, 0.2) is 0 Å². The number of hydrogen-bond donors (Lipinski definition) is 2. The van der Waals surface area contributed by atoms with Crippen molar-refractivity contribution in [1.82, 2.24) is 45.0 Å². The van der Waals surface area contributed by atoms with Crippen LogP contribution in [0.25, 0.3) is 33.4 Å². The number of nitrogens with one attached hydrogen (secondary N) is 2. The number of morpholine rings is 1. The van der Waals surface area contributed by atoms with Crippen molar-refractivity contribution in [3.05, 3.63) is 58.2 Å². The number of piperidine rings is 1. The maximum Gasteiger partial charge on any atom is 0.324 e. The highest BCUT2D eigenvalue weighted by molar-refractivity contribution is 7.59. The summed E-state index contributed by atoms with van der Waals surface area (Å²) in [6.07, 6.45) is 4.73. The van der Waals surface area contributed by atoms with Crippen LogP contribution >= 0.6 is 65.3 Å². The van der Waals surface area contributed by atoms with E-state index in [1.165, 1.54) is 21.2 Å². The highest BCUT2D eigenvalue weighted by Gasteiger charge is 2.43. The van der Waals surface area contributed by atoms with Gasteiger partial charge in [0.05, 0.1) is 47.0 Å². The van der Waals surface area contributed by atoms with Crippen molar-refractivity contribution in [1.29, 1.82) is 0 Å². The van der Waals surface area contributed by atoms with Crippen LogP contribution in [0.4, 0.5) is 4.79 Å². The Bertz CT molecular complexity index is 2480. The first kappa shape index (κ1) is 60.0. The van der Waals surface area contributed by atoms with Gasteiger partial charge in [-0.25, -0.2) is 15.2 Å². The van der Waals surface area contributed by atoms with Crippen molar-refractivity contribution in [2.24, 2.45) is 11.3 Å². The SMILES string of the molecule is CCn1c(-c2cccnc2[C@H](C)OC)c2c3cc(ccc31)-c1csc(n1)C[C@H](NC(=O)[C@H](C(C)C)N(C)C(=O)N1CCC3(CC1)CN(C)CCO3)C(=O)N1CCC[C@H](N1)C(=O)OCC(C)(C)C2.S.S.S.S. The molecular formula is C50H77N9O7S5. The summed E-state index contributed by atoms with van der Waals surface area (Å²) in [6.45, 7) is 16.8. The predicted octanol–water partition coefficient (Wildman–Crippen LogP) is 6.53. The summed E-state index contributed by atoms with van der Waals surface area (Å²) >= 11 is 1.43. The van der Waals surface area contributed by atoms with Gasteiger partial charge in [-0.2, -0.15) is 54.0 Å². The number of likely N-dealkylation sites (tertiary alicyclic amines) is 1. The summed E-state index contributed by atoms with van der Waals surface area (Å²) in [6, 6.07) is 7.56. The number of aryl methyl sites for hydroxylation is 1. The summed E-state index contributed by atoms with van der Waals surface area (Å²) in [5.74, 6) is -1.54. The average Bonchev–Trinajstić information content (AvgIpc) is 3.91. The molecule has 4 amide bonds. The number of carbonyl (C=O) groups excluding carboxylic acids is 4. The third kappa shape index (κ3) is 12.9. The first-order valence-electron chi connectivity index (χ1n) is 24.0. The van der Waals surface area contributed by atoms with Crippen LogP contribution in [0, 0.1) is 11.3 Å². The van der Waals surface area contributed by atoms with Gasteiger partial charge in [0.2, 0.25) is 5.91 Å². The normalized spacial score (nSPS) is 21.1. The third-order valence-electron chi connectivity index (χ3n) is 14.2. The van der Waals surface area contributed by atoms with E-state index in [0.717, 1.165) is 70.6 Å². The number of ether oxygens (including phenoxy) is 3. The molecule has 21 heteroatoms. The van der Waals surface area contributed by atoms with Gasteiger partial charge in [-0.15, -0.1) is 11.3 Å². The molecule has 1 aromatic carbocycles. The van der Waals surface area contributed by atoms with Crippen molar-refractivity contribution in [2.45, 2.75) is 116 Å². The maximum absolute atomic E-state index is 14.7. The minimum atomic E-state index is -1.05. The Morgan fingerprint density at radius 2 is 1.79 bits per heavy atom. The molecule has 4 aliphatic rings. The molecule has 8 rings (SSSR count). The maximum atomic E-state index is 14.7. The van der Waals surface area contributed by atoms with Gasteiger partial charge in [-0.05, 0) is 88.7 Å². The number of nitrogens with zero attached hydrogens (tertiary/aromatic N) is 7. The number of pyridine rings is 1. The van der Waals surface area contributed by atoms with Gasteiger partial charge < -0.3 is 38.8 Å². The Balaban J connectivity index is 0.00000274. The van der Waals surface area contributed by atoms with Crippen LogP contribution in [0.2, 0.25) is 0 Å². The fraction of sp³-hybridized carbons (Fsp3) is 0.600. The van der Waals surface area contributed by atoms with Crippen LogP contribution in [0.3, 0.4) is 0 Å². The molecule has 394 valence electrons. The van der Waals surface area contributed by atoms with Gasteiger partial charge in [0.1, 0.15) is 18.1 Å². The molecule has 71 heavy (non-hydrogen) atoms. The van der Waals surface area contributed by atoms with E-state index < -0.39 is 41.3 Å². The van der Waals surface area contributed by atoms with Crippen molar-refractivity contribution in [3.8, 4) is 22.5 Å². The number of thiazole rings is 1. The smallest absolute Gasteiger partial charge is 0.324 e. The van der Waals surface area contributed by atoms with Gasteiger partial charge >= 0.3 is 12.0 Å². The van der Waals surface area contributed by atoms with E-state index in [2.05, 4.69) is 72.3 Å². The number of methoxy groups -OCH3 is 1. The lowest BCUT2D eigenvalue weighted by molar-refractivity contribution is -0.155. The Morgan fingerprint density at radius 1 is 1.06 bits per heavy atom. The topological polar surface area (TPSA) is 164 Å². The largest absolute Gasteiger partial charge is 0.464 e. The number of carbonyl (C=O) groups is 4. The Morgan fingerprint density at radius 3 is 2.46 bits per heavy atom. The van der Waals surface area contributed by atoms with E-state index in [9.17, 15) is 19.2 Å². The number of fused-ring (bicyclic) bond motifs is 6. The van der Waals surface area contributed by atoms with Gasteiger partial charge in [0, 0.05) is 98.9 Å². The molecule has 0 unspecified atom stereocenters. The van der Waals surface area contributed by atoms with Gasteiger partial charge in [-0.1, -0.05) is 33.8 Å². The fourth-order valence-electron chi connectivity index (χ4n) is 10.5. The molecule has 7 heterocycles. The van der Waals surface area contributed by atoms with E-state index in [-0.39, 0.29) is 90.7 Å². The lowest BCUT2D eigenvalue weighted by atomic mass is 9.84. The Hall–Kier alpha value is -3.54. The number of cyclic esters (lactones) is 1. The van der Waals surface area contributed by atoms with E-state index >= 15 is 0 Å². The molecule has 3 saturated heterocycles. The molecule has 3 aromatic heterocycles. The zero-order valence-corrected chi connectivity index (χ0v) is 47.5. The van der Waals surface area contributed by atoms with Crippen molar-refractivity contribution < 1.29 is 33.4 Å². The number of amides is 4. The molecule has 4 atom stereocenters. The van der Waals surface area contributed by atoms with Gasteiger partial charge in [0.25, 0.3) is 5.91 Å². The summed E-state index contributed by atoms with van der Waals surface area (Å²) in [4.78, 5) is 72.8. The summed E-state index contributed by atoms with van der Waals surface area (Å²) in [5, 5.41) is 8.25. The number of hydrazine groups is 1. The van der Waals surface area contributed by atoms with Crippen LogP contribution in [-0.2, 0) is 48.0 Å². The second-order valence-electron chi connectivity index (χ2n) is 20.1. The van der Waals surface area contributed by atoms with Crippen LogP contribution in [0.15, 0.2) is 41.9 Å². The molecule has 2 N–H and O–H groups in total. The van der Waals surface area contributed by atoms with Gasteiger partial charge in [-0.3, -0.25) is 24.4 Å². The summed E-state index contributed by atoms with van der Waals surface area (Å²) in [7, 11) is 5.46. The van der Waals surface area contributed by atoms with E-state index in [1.54, 1.807) is 25.3 Å². The minimum Gasteiger partial charge on any atom is -0.464 e. The molecule has 4 aromatic rings. The zero-order valence-electron chi connectivity index (χ0n) is 42.7. The Kier molecular flexibility index (Phi) is 21.2. The molecule has 3 fully saturated rings. The van der Waals surface area contributed by atoms with Crippen molar-refractivity contribution in [2.75, 3.05) is 67.1 Å². The van der Waals surface area contributed by atoms with Crippen molar-refractivity contribution >= 4 is 100 Å². The average molecular weight is 1080 g/mol. The first-order chi connectivity index (χ1) is 32.0. The lowest BCUT2D eigenvalue weighted by Crippen LogP contribution is -2.63. The second kappa shape index (κ2) is 25.1. The molecule has 4 aliphatic heterocycles. The Labute approximate surface area is 451 Å².